The van der Waals surface area contributed by atoms with Crippen LogP contribution in [0.3, 0.4) is 0 Å². The van der Waals surface area contributed by atoms with Crippen molar-refractivity contribution in [1.82, 2.24) is 4.90 Å². The number of aliphatic hydroxyl groups excluding tert-OH is 1. The third-order valence-electron chi connectivity index (χ3n) is 5.84. The minimum absolute atomic E-state index is 0.00820. The Hall–Kier alpha value is -1.88. The van der Waals surface area contributed by atoms with Gasteiger partial charge in [0.25, 0.3) is 5.91 Å². The standard InChI is InChI=1S/C20H28N2O3/c1-13-5-10-18(23)16(12-13)17-4-2-3-11-22(17)20(25)15-8-6-14(7-9-15)19(21)24/h6-9,13,16-18,23H,2-5,10-12H2,1H3,(H2,21,24)/t13-,16-,17+,18+/m1/s1. The molecule has 5 heteroatoms. The molecule has 1 aliphatic heterocycles. The van der Waals surface area contributed by atoms with Crippen LogP contribution in [0.5, 0.6) is 0 Å². The lowest BCUT2D eigenvalue weighted by molar-refractivity contribution is -0.0121. The van der Waals surface area contributed by atoms with Gasteiger partial charge in [-0.25, -0.2) is 0 Å². The molecule has 5 nitrogen and oxygen atoms in total. The second-order valence-corrected chi connectivity index (χ2v) is 7.65. The molecule has 0 unspecified atom stereocenters. The highest BCUT2D eigenvalue weighted by Crippen LogP contribution is 2.37. The molecule has 2 aliphatic rings. The molecule has 0 radical (unpaired) electrons. The molecule has 1 aromatic carbocycles. The predicted molar refractivity (Wildman–Crippen MR) is 96.1 cm³/mol. The van der Waals surface area contributed by atoms with E-state index in [0.29, 0.717) is 17.0 Å². The van der Waals surface area contributed by atoms with Gasteiger partial charge in [-0.3, -0.25) is 9.59 Å². The van der Waals surface area contributed by atoms with E-state index in [9.17, 15) is 14.7 Å². The molecule has 0 spiro atoms. The van der Waals surface area contributed by atoms with Crippen molar-refractivity contribution >= 4 is 11.8 Å². The molecule has 1 saturated heterocycles. The van der Waals surface area contributed by atoms with Gasteiger partial charge in [0, 0.05) is 29.6 Å². The number of aliphatic hydroxyl groups is 1. The van der Waals surface area contributed by atoms with E-state index in [2.05, 4.69) is 6.92 Å². The van der Waals surface area contributed by atoms with Crippen molar-refractivity contribution in [3.63, 3.8) is 0 Å². The second kappa shape index (κ2) is 7.56. The number of nitrogens with two attached hydrogens (primary N) is 1. The summed E-state index contributed by atoms with van der Waals surface area (Å²) in [6.45, 7) is 2.97. The van der Waals surface area contributed by atoms with Crippen molar-refractivity contribution in [2.45, 2.75) is 57.6 Å². The number of hydrogen-bond donors (Lipinski definition) is 2. The number of benzene rings is 1. The van der Waals surface area contributed by atoms with Crippen LogP contribution in [-0.2, 0) is 0 Å². The lowest BCUT2D eigenvalue weighted by Gasteiger charge is -2.45. The SMILES string of the molecule is C[C@@H]1CC[C@H](O)[C@@H]([C@@H]2CCCCN2C(=O)c2ccc(C(N)=O)cc2)C1. The Bertz CT molecular complexity index is 628. The van der Waals surface area contributed by atoms with E-state index < -0.39 is 5.91 Å². The monoisotopic (exact) mass is 344 g/mol. The molecule has 2 fully saturated rings. The van der Waals surface area contributed by atoms with Crippen LogP contribution in [0.25, 0.3) is 0 Å². The van der Waals surface area contributed by atoms with Gasteiger partial charge in [0.2, 0.25) is 5.91 Å². The van der Waals surface area contributed by atoms with E-state index in [-0.39, 0.29) is 24.0 Å². The average molecular weight is 344 g/mol. The van der Waals surface area contributed by atoms with Crippen molar-refractivity contribution in [3.8, 4) is 0 Å². The fourth-order valence-corrected chi connectivity index (χ4v) is 4.42. The molecule has 4 atom stereocenters. The van der Waals surface area contributed by atoms with Gasteiger partial charge in [0.1, 0.15) is 0 Å². The van der Waals surface area contributed by atoms with Gasteiger partial charge in [0.05, 0.1) is 6.10 Å². The Labute approximate surface area is 149 Å². The van der Waals surface area contributed by atoms with Crippen LogP contribution in [0, 0.1) is 11.8 Å². The van der Waals surface area contributed by atoms with Gasteiger partial charge in [0.15, 0.2) is 0 Å². The molecular weight excluding hydrogens is 316 g/mol. The van der Waals surface area contributed by atoms with Crippen molar-refractivity contribution in [1.29, 1.82) is 0 Å². The van der Waals surface area contributed by atoms with E-state index in [1.807, 2.05) is 4.90 Å². The summed E-state index contributed by atoms with van der Waals surface area (Å²) in [6, 6.07) is 6.66. The summed E-state index contributed by atoms with van der Waals surface area (Å²) in [5.74, 6) is 0.264. The van der Waals surface area contributed by atoms with Crippen LogP contribution < -0.4 is 5.73 Å². The first kappa shape index (κ1) is 17.9. The number of rotatable bonds is 3. The topological polar surface area (TPSA) is 83.6 Å². The summed E-state index contributed by atoms with van der Waals surface area (Å²) < 4.78 is 0. The average Bonchev–Trinajstić information content (AvgIpc) is 2.63. The maximum atomic E-state index is 13.1. The van der Waals surface area contributed by atoms with E-state index >= 15 is 0 Å². The van der Waals surface area contributed by atoms with Gasteiger partial charge >= 0.3 is 0 Å². The zero-order chi connectivity index (χ0) is 18.0. The van der Waals surface area contributed by atoms with Crippen LogP contribution in [-0.4, -0.2) is 40.5 Å². The van der Waals surface area contributed by atoms with Gasteiger partial charge < -0.3 is 15.7 Å². The van der Waals surface area contributed by atoms with Crippen molar-refractivity contribution < 1.29 is 14.7 Å². The molecule has 1 aromatic rings. The molecule has 1 saturated carbocycles. The maximum absolute atomic E-state index is 13.1. The summed E-state index contributed by atoms with van der Waals surface area (Å²) in [4.78, 5) is 26.2. The molecular formula is C20H28N2O3. The summed E-state index contributed by atoms with van der Waals surface area (Å²) in [5.41, 5.74) is 6.25. The molecule has 136 valence electrons. The Morgan fingerprint density at radius 1 is 1.08 bits per heavy atom. The van der Waals surface area contributed by atoms with Crippen molar-refractivity contribution in [2.75, 3.05) is 6.54 Å². The van der Waals surface area contributed by atoms with Gasteiger partial charge in [-0.15, -0.1) is 0 Å². The Morgan fingerprint density at radius 2 is 1.76 bits per heavy atom. The third-order valence-corrected chi connectivity index (χ3v) is 5.84. The first-order chi connectivity index (χ1) is 12.0. The largest absolute Gasteiger partial charge is 0.393 e. The van der Waals surface area contributed by atoms with Crippen molar-refractivity contribution in [3.05, 3.63) is 35.4 Å². The molecule has 1 aliphatic carbocycles. The highest BCUT2D eigenvalue weighted by molar-refractivity contribution is 5.97. The smallest absolute Gasteiger partial charge is 0.254 e. The van der Waals surface area contributed by atoms with Gasteiger partial charge in [-0.1, -0.05) is 6.92 Å². The number of carbonyl (C=O) groups excluding carboxylic acids is 2. The fourth-order valence-electron chi connectivity index (χ4n) is 4.42. The number of nitrogens with zero attached hydrogens (tertiary/aromatic N) is 1. The van der Waals surface area contributed by atoms with E-state index in [0.717, 1.165) is 45.1 Å². The summed E-state index contributed by atoms with van der Waals surface area (Å²) >= 11 is 0. The minimum Gasteiger partial charge on any atom is -0.393 e. The quantitative estimate of drug-likeness (QED) is 0.884. The first-order valence-corrected chi connectivity index (χ1v) is 9.36. The fraction of sp³-hybridized carbons (Fsp3) is 0.600. The second-order valence-electron chi connectivity index (χ2n) is 7.65. The van der Waals surface area contributed by atoms with Crippen LogP contribution in [0.15, 0.2) is 24.3 Å². The molecule has 1 heterocycles. The highest BCUT2D eigenvalue weighted by atomic mass is 16.3. The number of likely N-dealkylation sites (tertiary alicyclic amines) is 1. The van der Waals surface area contributed by atoms with Crippen LogP contribution in [0.2, 0.25) is 0 Å². The normalized spacial score (nSPS) is 30.1. The third kappa shape index (κ3) is 3.87. The molecule has 0 bridgehead atoms. The maximum Gasteiger partial charge on any atom is 0.254 e. The minimum atomic E-state index is -0.492. The zero-order valence-corrected chi connectivity index (χ0v) is 14.9. The summed E-state index contributed by atoms with van der Waals surface area (Å²) in [6.07, 6.45) is 5.62. The Kier molecular flexibility index (Phi) is 5.42. The molecule has 0 aromatic heterocycles. The van der Waals surface area contributed by atoms with Crippen LogP contribution in [0.4, 0.5) is 0 Å². The Balaban J connectivity index is 1.80. The number of amides is 2. The number of primary amides is 1. The molecule has 3 N–H and O–H groups in total. The molecule has 3 rings (SSSR count). The number of hydrogen-bond acceptors (Lipinski definition) is 3. The first-order valence-electron chi connectivity index (χ1n) is 9.36. The lowest BCUT2D eigenvalue weighted by Crippen LogP contribution is -2.51. The summed E-state index contributed by atoms with van der Waals surface area (Å²) in [7, 11) is 0. The number of carbonyl (C=O) groups is 2. The van der Waals surface area contributed by atoms with Crippen molar-refractivity contribution in [2.24, 2.45) is 17.6 Å². The summed E-state index contributed by atoms with van der Waals surface area (Å²) in [5, 5.41) is 10.5. The molecule has 25 heavy (non-hydrogen) atoms. The van der Waals surface area contributed by atoms with Crippen LogP contribution in [0.1, 0.15) is 66.2 Å². The lowest BCUT2D eigenvalue weighted by atomic mass is 9.74. The van der Waals surface area contributed by atoms with E-state index in [4.69, 9.17) is 5.73 Å². The highest BCUT2D eigenvalue weighted by Gasteiger charge is 2.39. The molecule has 2 amide bonds. The number of piperidine rings is 1. The van der Waals surface area contributed by atoms with Crippen LogP contribution >= 0.6 is 0 Å². The van der Waals surface area contributed by atoms with E-state index in [1.165, 1.54) is 0 Å². The van der Waals surface area contributed by atoms with Gasteiger partial charge in [-0.2, -0.15) is 0 Å². The Morgan fingerprint density at radius 3 is 2.44 bits per heavy atom. The van der Waals surface area contributed by atoms with Gasteiger partial charge in [-0.05, 0) is 68.7 Å². The predicted octanol–water partition coefficient (Wildman–Crippen LogP) is 2.58. The van der Waals surface area contributed by atoms with E-state index in [1.54, 1.807) is 24.3 Å². The zero-order valence-electron chi connectivity index (χ0n) is 14.9.